The Kier molecular flexibility index (Phi) is 5.37. The van der Waals surface area contributed by atoms with E-state index in [4.69, 9.17) is 21.6 Å². The van der Waals surface area contributed by atoms with Gasteiger partial charge in [0.15, 0.2) is 11.6 Å². The Bertz CT molecular complexity index is 971. The quantitative estimate of drug-likeness (QED) is 0.581. The standard InChI is InChI=1S/C15H7ClF4N4O.CH4/c16-10-5-8(15(18,19)20)6-11(17)14(10)25-9-1-2-12-13(7-9)24(4-3-21)23-22-12;/h1-2,5-7H,4H2;1H4. The third-order valence-corrected chi connectivity index (χ3v) is 3.53. The molecule has 5 nitrogen and oxygen atoms in total. The van der Waals surface area contributed by atoms with Crippen molar-refractivity contribution in [2.75, 3.05) is 0 Å². The van der Waals surface area contributed by atoms with Gasteiger partial charge >= 0.3 is 6.18 Å². The number of hydrogen-bond acceptors (Lipinski definition) is 4. The molecule has 0 radical (unpaired) electrons. The molecule has 0 saturated carbocycles. The van der Waals surface area contributed by atoms with Gasteiger partial charge in [0.05, 0.1) is 22.2 Å². The second kappa shape index (κ2) is 7.17. The highest BCUT2D eigenvalue weighted by Crippen LogP contribution is 2.38. The molecule has 0 atom stereocenters. The zero-order valence-corrected chi connectivity index (χ0v) is 12.9. The summed E-state index contributed by atoms with van der Waals surface area (Å²) in [6.07, 6.45) is -4.72. The first-order valence-corrected chi connectivity index (χ1v) is 7.11. The molecule has 0 aliphatic carbocycles. The summed E-state index contributed by atoms with van der Waals surface area (Å²) in [6.45, 7) is -0.0602. The van der Waals surface area contributed by atoms with Gasteiger partial charge in [-0.05, 0) is 24.3 Å². The number of nitriles is 1. The lowest BCUT2D eigenvalue weighted by Gasteiger charge is -2.12. The number of aromatic nitrogens is 3. The van der Waals surface area contributed by atoms with Crippen molar-refractivity contribution >= 4 is 22.6 Å². The first-order chi connectivity index (χ1) is 11.8. The van der Waals surface area contributed by atoms with Gasteiger partial charge in [0.2, 0.25) is 0 Å². The van der Waals surface area contributed by atoms with Crippen LogP contribution in [0.2, 0.25) is 5.02 Å². The first kappa shape index (κ1) is 19.5. The highest BCUT2D eigenvalue weighted by molar-refractivity contribution is 6.32. The molecule has 0 aliphatic rings. The Labute approximate surface area is 150 Å². The van der Waals surface area contributed by atoms with E-state index in [1.165, 1.54) is 22.9 Å². The fourth-order valence-electron chi connectivity index (χ4n) is 2.13. The summed E-state index contributed by atoms with van der Waals surface area (Å²) in [5.41, 5.74) is -0.293. The van der Waals surface area contributed by atoms with E-state index in [2.05, 4.69) is 10.3 Å². The number of fused-ring (bicyclic) bond motifs is 1. The van der Waals surface area contributed by atoms with E-state index in [0.717, 1.165) is 0 Å². The SMILES string of the molecule is C.N#CCn1nnc2ccc(Oc3c(F)cc(C(F)(F)F)cc3Cl)cc21. The summed E-state index contributed by atoms with van der Waals surface area (Å²) in [5.74, 6) is -1.67. The largest absolute Gasteiger partial charge is 0.453 e. The van der Waals surface area contributed by atoms with Gasteiger partial charge in [0.1, 0.15) is 17.8 Å². The van der Waals surface area contributed by atoms with Crippen LogP contribution in [0.3, 0.4) is 0 Å². The number of rotatable bonds is 3. The van der Waals surface area contributed by atoms with E-state index in [-0.39, 0.29) is 19.7 Å². The van der Waals surface area contributed by atoms with Crippen LogP contribution in [0.1, 0.15) is 13.0 Å². The second-order valence-electron chi connectivity index (χ2n) is 4.92. The number of benzene rings is 2. The molecule has 0 spiro atoms. The van der Waals surface area contributed by atoms with Gasteiger partial charge < -0.3 is 4.74 Å². The second-order valence-corrected chi connectivity index (χ2v) is 5.33. The monoisotopic (exact) mass is 386 g/mol. The van der Waals surface area contributed by atoms with Crippen LogP contribution in [-0.2, 0) is 12.7 Å². The maximum Gasteiger partial charge on any atom is 0.416 e. The van der Waals surface area contributed by atoms with Crippen molar-refractivity contribution in [2.24, 2.45) is 0 Å². The molecule has 10 heteroatoms. The van der Waals surface area contributed by atoms with Crippen LogP contribution >= 0.6 is 11.6 Å². The van der Waals surface area contributed by atoms with E-state index < -0.39 is 28.3 Å². The van der Waals surface area contributed by atoms with Crippen LogP contribution in [0.15, 0.2) is 30.3 Å². The lowest BCUT2D eigenvalue weighted by molar-refractivity contribution is -0.137. The Morgan fingerprint density at radius 3 is 2.58 bits per heavy atom. The molecular weight excluding hydrogens is 376 g/mol. The molecule has 3 aromatic rings. The summed E-state index contributed by atoms with van der Waals surface area (Å²) in [7, 11) is 0. The molecule has 0 saturated heterocycles. The molecule has 1 heterocycles. The average molecular weight is 387 g/mol. The van der Waals surface area contributed by atoms with Crippen molar-refractivity contribution in [3.8, 4) is 17.6 Å². The average Bonchev–Trinajstić information content (AvgIpc) is 2.93. The van der Waals surface area contributed by atoms with Crippen molar-refractivity contribution in [3.05, 3.63) is 46.7 Å². The molecule has 0 N–H and O–H groups in total. The molecule has 0 aliphatic heterocycles. The maximum atomic E-state index is 14.0. The van der Waals surface area contributed by atoms with Crippen LogP contribution in [0.4, 0.5) is 17.6 Å². The number of halogens is 5. The minimum Gasteiger partial charge on any atom is -0.453 e. The molecular formula is C16H11ClF4N4O. The van der Waals surface area contributed by atoms with Crippen molar-refractivity contribution in [3.63, 3.8) is 0 Å². The summed E-state index contributed by atoms with van der Waals surface area (Å²) in [5, 5.41) is 15.8. The Balaban J connectivity index is 0.00000243. The van der Waals surface area contributed by atoms with Crippen LogP contribution in [-0.4, -0.2) is 15.0 Å². The van der Waals surface area contributed by atoms with E-state index >= 15 is 0 Å². The highest BCUT2D eigenvalue weighted by Gasteiger charge is 2.32. The van der Waals surface area contributed by atoms with Crippen molar-refractivity contribution in [2.45, 2.75) is 20.1 Å². The summed E-state index contributed by atoms with van der Waals surface area (Å²) in [4.78, 5) is 0. The summed E-state index contributed by atoms with van der Waals surface area (Å²) >= 11 is 5.73. The normalized spacial score (nSPS) is 11.1. The van der Waals surface area contributed by atoms with Crippen LogP contribution < -0.4 is 4.74 Å². The number of hydrogen-bond donors (Lipinski definition) is 0. The molecule has 0 amide bonds. The Hall–Kier alpha value is -2.86. The minimum absolute atomic E-state index is 0. The maximum absolute atomic E-state index is 14.0. The summed E-state index contributed by atoms with van der Waals surface area (Å²) < 4.78 is 58.5. The topological polar surface area (TPSA) is 63.7 Å². The molecule has 3 rings (SSSR count). The van der Waals surface area contributed by atoms with E-state index in [9.17, 15) is 17.6 Å². The predicted molar refractivity (Wildman–Crippen MR) is 86.4 cm³/mol. The molecule has 26 heavy (non-hydrogen) atoms. The van der Waals surface area contributed by atoms with Crippen molar-refractivity contribution < 1.29 is 22.3 Å². The van der Waals surface area contributed by atoms with Gasteiger partial charge in [-0.25, -0.2) is 9.07 Å². The van der Waals surface area contributed by atoms with E-state index in [0.29, 0.717) is 23.2 Å². The number of ether oxygens (including phenoxy) is 1. The fraction of sp³-hybridized carbons (Fsp3) is 0.188. The Morgan fingerprint density at radius 1 is 1.23 bits per heavy atom. The van der Waals surface area contributed by atoms with Gasteiger partial charge in [0.25, 0.3) is 0 Å². The molecule has 2 aromatic carbocycles. The third kappa shape index (κ3) is 3.70. The molecule has 0 unspecified atom stereocenters. The van der Waals surface area contributed by atoms with Crippen molar-refractivity contribution in [1.29, 1.82) is 5.26 Å². The minimum atomic E-state index is -4.72. The fourth-order valence-corrected chi connectivity index (χ4v) is 2.38. The van der Waals surface area contributed by atoms with Gasteiger partial charge in [-0.3, -0.25) is 0 Å². The van der Waals surface area contributed by atoms with E-state index in [1.807, 2.05) is 6.07 Å². The highest BCUT2D eigenvalue weighted by atomic mass is 35.5. The Morgan fingerprint density at radius 2 is 1.96 bits per heavy atom. The zero-order valence-electron chi connectivity index (χ0n) is 12.2. The van der Waals surface area contributed by atoms with Gasteiger partial charge in [-0.1, -0.05) is 24.2 Å². The van der Waals surface area contributed by atoms with E-state index in [1.54, 1.807) is 0 Å². The summed E-state index contributed by atoms with van der Waals surface area (Å²) in [6, 6.07) is 7.17. The predicted octanol–water partition coefficient (Wildman–Crippen LogP) is 5.19. The van der Waals surface area contributed by atoms with Gasteiger partial charge in [-0.15, -0.1) is 5.10 Å². The van der Waals surface area contributed by atoms with Crippen molar-refractivity contribution in [1.82, 2.24) is 15.0 Å². The number of alkyl halides is 3. The van der Waals surface area contributed by atoms with Gasteiger partial charge in [-0.2, -0.15) is 18.4 Å². The van der Waals surface area contributed by atoms with Gasteiger partial charge in [0, 0.05) is 6.07 Å². The zero-order chi connectivity index (χ0) is 18.2. The smallest absolute Gasteiger partial charge is 0.416 e. The van der Waals surface area contributed by atoms with Crippen LogP contribution in [0.5, 0.6) is 11.5 Å². The number of nitrogens with zero attached hydrogens (tertiary/aromatic N) is 4. The van der Waals surface area contributed by atoms with Crippen LogP contribution in [0, 0.1) is 17.1 Å². The lowest BCUT2D eigenvalue weighted by Crippen LogP contribution is -2.06. The molecule has 0 fully saturated rings. The first-order valence-electron chi connectivity index (χ1n) is 6.74. The third-order valence-electron chi connectivity index (χ3n) is 3.25. The molecule has 0 bridgehead atoms. The van der Waals surface area contributed by atoms with Crippen LogP contribution in [0.25, 0.3) is 11.0 Å². The molecule has 136 valence electrons. The molecule has 1 aromatic heterocycles. The lowest BCUT2D eigenvalue weighted by atomic mass is 10.2.